The van der Waals surface area contributed by atoms with Gasteiger partial charge in [-0.25, -0.2) is 0 Å². The van der Waals surface area contributed by atoms with Gasteiger partial charge in [0.1, 0.15) is 0 Å². The van der Waals surface area contributed by atoms with Crippen LogP contribution < -0.4 is 5.32 Å². The first-order valence-corrected chi connectivity index (χ1v) is 8.27. The zero-order valence-corrected chi connectivity index (χ0v) is 13.8. The van der Waals surface area contributed by atoms with Gasteiger partial charge in [0.25, 0.3) is 5.91 Å². The molecule has 0 fully saturated rings. The van der Waals surface area contributed by atoms with Gasteiger partial charge in [0, 0.05) is 0 Å². The average molecular weight is 323 g/mol. The normalized spacial score (nSPS) is 12.1. The number of Topliss-reactive ketones (excluding diaryl/α,β-unsaturated/α-hetero) is 1. The highest BCUT2D eigenvalue weighted by Gasteiger charge is 2.16. The standard InChI is InChI=1S/C19H17NO2S/c1-12(15-9-5-7-14-6-3-4-8-16(14)15)20-19(22)18-11-10-17(23-18)13(2)21/h3-12H,1-2H3,(H,20,22). The summed E-state index contributed by atoms with van der Waals surface area (Å²) < 4.78 is 0. The van der Waals surface area contributed by atoms with Crippen molar-refractivity contribution in [3.63, 3.8) is 0 Å². The fourth-order valence-corrected chi connectivity index (χ4v) is 3.43. The van der Waals surface area contributed by atoms with Crippen molar-refractivity contribution in [2.75, 3.05) is 0 Å². The number of ketones is 1. The van der Waals surface area contributed by atoms with Crippen molar-refractivity contribution in [1.82, 2.24) is 5.32 Å². The summed E-state index contributed by atoms with van der Waals surface area (Å²) in [4.78, 5) is 24.9. The zero-order chi connectivity index (χ0) is 16.4. The van der Waals surface area contributed by atoms with Gasteiger partial charge in [-0.2, -0.15) is 0 Å². The van der Waals surface area contributed by atoms with Gasteiger partial charge in [-0.1, -0.05) is 42.5 Å². The summed E-state index contributed by atoms with van der Waals surface area (Å²) in [5, 5.41) is 5.31. The van der Waals surface area contributed by atoms with Gasteiger partial charge >= 0.3 is 0 Å². The van der Waals surface area contributed by atoms with E-state index in [1.807, 2.05) is 31.2 Å². The molecule has 0 aliphatic rings. The van der Waals surface area contributed by atoms with E-state index in [9.17, 15) is 9.59 Å². The third kappa shape index (κ3) is 3.17. The predicted octanol–water partition coefficient (Wildman–Crippen LogP) is 4.59. The Hall–Kier alpha value is -2.46. The van der Waals surface area contributed by atoms with Crippen molar-refractivity contribution < 1.29 is 9.59 Å². The number of thiophene rings is 1. The first-order chi connectivity index (χ1) is 11.1. The molecule has 4 heteroatoms. The third-order valence-corrected chi connectivity index (χ3v) is 5.00. The second-order valence-corrected chi connectivity index (χ2v) is 6.57. The summed E-state index contributed by atoms with van der Waals surface area (Å²) in [7, 11) is 0. The average Bonchev–Trinajstić information content (AvgIpc) is 3.04. The lowest BCUT2D eigenvalue weighted by Crippen LogP contribution is -2.26. The maximum absolute atomic E-state index is 12.4. The van der Waals surface area contributed by atoms with E-state index >= 15 is 0 Å². The minimum Gasteiger partial charge on any atom is -0.345 e. The molecule has 3 aromatic rings. The lowest BCUT2D eigenvalue weighted by molar-refractivity contribution is 0.0943. The van der Waals surface area contributed by atoms with E-state index in [1.165, 1.54) is 18.3 Å². The quantitative estimate of drug-likeness (QED) is 0.714. The highest BCUT2D eigenvalue weighted by atomic mass is 32.1. The van der Waals surface area contributed by atoms with Crippen LogP contribution in [-0.2, 0) is 0 Å². The predicted molar refractivity (Wildman–Crippen MR) is 94.2 cm³/mol. The van der Waals surface area contributed by atoms with Crippen LogP contribution in [-0.4, -0.2) is 11.7 Å². The van der Waals surface area contributed by atoms with Gasteiger partial charge < -0.3 is 5.32 Å². The van der Waals surface area contributed by atoms with E-state index in [1.54, 1.807) is 12.1 Å². The van der Waals surface area contributed by atoms with Crippen LogP contribution in [0.5, 0.6) is 0 Å². The summed E-state index contributed by atoms with van der Waals surface area (Å²) in [6.07, 6.45) is 0. The monoisotopic (exact) mass is 323 g/mol. The van der Waals surface area contributed by atoms with Crippen LogP contribution in [0.25, 0.3) is 10.8 Å². The molecule has 1 atom stereocenters. The van der Waals surface area contributed by atoms with Crippen LogP contribution in [0.15, 0.2) is 54.6 Å². The smallest absolute Gasteiger partial charge is 0.261 e. The highest BCUT2D eigenvalue weighted by molar-refractivity contribution is 7.15. The summed E-state index contributed by atoms with van der Waals surface area (Å²) in [5.74, 6) is -0.168. The number of carbonyl (C=O) groups is 2. The van der Waals surface area contributed by atoms with E-state index in [0.717, 1.165) is 16.3 Å². The lowest BCUT2D eigenvalue weighted by atomic mass is 10.00. The molecule has 0 bridgehead atoms. The van der Waals surface area contributed by atoms with Crippen molar-refractivity contribution in [1.29, 1.82) is 0 Å². The van der Waals surface area contributed by atoms with Crippen LogP contribution in [0.4, 0.5) is 0 Å². The van der Waals surface area contributed by atoms with E-state index in [2.05, 4.69) is 23.5 Å². The summed E-state index contributed by atoms with van der Waals surface area (Å²) in [6, 6.07) is 17.5. The highest BCUT2D eigenvalue weighted by Crippen LogP contribution is 2.25. The van der Waals surface area contributed by atoms with E-state index in [4.69, 9.17) is 0 Å². The Morgan fingerprint density at radius 2 is 1.65 bits per heavy atom. The molecule has 2 aromatic carbocycles. The number of hydrogen-bond acceptors (Lipinski definition) is 3. The fourth-order valence-electron chi connectivity index (χ4n) is 2.62. The summed E-state index contributed by atoms with van der Waals surface area (Å²) >= 11 is 1.23. The second kappa shape index (κ2) is 6.34. The van der Waals surface area contributed by atoms with E-state index < -0.39 is 0 Å². The van der Waals surface area contributed by atoms with Crippen LogP contribution in [0.1, 0.15) is 44.8 Å². The molecular formula is C19H17NO2S. The maximum Gasteiger partial charge on any atom is 0.261 e. The van der Waals surface area contributed by atoms with Gasteiger partial charge in [-0.05, 0) is 42.3 Å². The zero-order valence-electron chi connectivity index (χ0n) is 13.0. The molecule has 1 aromatic heterocycles. The van der Waals surface area contributed by atoms with Crippen LogP contribution >= 0.6 is 11.3 Å². The fraction of sp³-hybridized carbons (Fsp3) is 0.158. The second-order valence-electron chi connectivity index (χ2n) is 5.48. The Balaban J connectivity index is 1.83. The molecule has 0 aliphatic heterocycles. The molecule has 116 valence electrons. The molecule has 0 spiro atoms. The third-order valence-electron chi connectivity index (χ3n) is 3.81. The molecular weight excluding hydrogens is 306 g/mol. The Kier molecular flexibility index (Phi) is 4.26. The van der Waals surface area contributed by atoms with Crippen molar-refractivity contribution in [3.05, 3.63) is 69.9 Å². The summed E-state index contributed by atoms with van der Waals surface area (Å²) in [6.45, 7) is 3.48. The molecule has 1 heterocycles. The molecule has 0 saturated carbocycles. The number of benzene rings is 2. The van der Waals surface area contributed by atoms with Crippen molar-refractivity contribution >= 4 is 33.8 Å². The number of fused-ring (bicyclic) bond motifs is 1. The van der Waals surface area contributed by atoms with Crippen molar-refractivity contribution in [3.8, 4) is 0 Å². The Morgan fingerprint density at radius 1 is 0.957 bits per heavy atom. The first kappa shape index (κ1) is 15.4. The van der Waals surface area contributed by atoms with Gasteiger partial charge in [-0.3, -0.25) is 9.59 Å². The Bertz CT molecular complexity index is 876. The first-order valence-electron chi connectivity index (χ1n) is 7.45. The number of carbonyl (C=O) groups excluding carboxylic acids is 2. The van der Waals surface area contributed by atoms with Crippen molar-refractivity contribution in [2.24, 2.45) is 0 Å². The van der Waals surface area contributed by atoms with Gasteiger partial charge in [-0.15, -0.1) is 11.3 Å². The van der Waals surface area contributed by atoms with Crippen LogP contribution in [0.2, 0.25) is 0 Å². The number of amides is 1. The SMILES string of the molecule is CC(=O)c1ccc(C(=O)NC(C)c2cccc3ccccc23)s1. The number of nitrogens with one attached hydrogen (secondary N) is 1. The topological polar surface area (TPSA) is 46.2 Å². The molecule has 1 unspecified atom stereocenters. The van der Waals surface area contributed by atoms with Gasteiger partial charge in [0.2, 0.25) is 0 Å². The van der Waals surface area contributed by atoms with Crippen molar-refractivity contribution in [2.45, 2.75) is 19.9 Å². The maximum atomic E-state index is 12.4. The number of rotatable bonds is 4. The van der Waals surface area contributed by atoms with E-state index in [0.29, 0.717) is 9.75 Å². The molecule has 3 nitrogen and oxygen atoms in total. The Morgan fingerprint density at radius 3 is 2.39 bits per heavy atom. The lowest BCUT2D eigenvalue weighted by Gasteiger charge is -2.16. The molecule has 1 amide bonds. The number of hydrogen-bond donors (Lipinski definition) is 1. The molecule has 0 radical (unpaired) electrons. The van der Waals surface area contributed by atoms with Crippen LogP contribution in [0.3, 0.4) is 0 Å². The Labute approximate surface area is 139 Å². The van der Waals surface area contributed by atoms with Gasteiger partial charge in [0.15, 0.2) is 5.78 Å². The minimum absolute atomic E-state index is 0.0175. The van der Waals surface area contributed by atoms with Crippen LogP contribution in [0, 0.1) is 0 Å². The molecule has 0 aliphatic carbocycles. The largest absolute Gasteiger partial charge is 0.345 e. The summed E-state index contributed by atoms with van der Waals surface area (Å²) in [5.41, 5.74) is 1.08. The molecule has 0 saturated heterocycles. The molecule has 1 N–H and O–H groups in total. The molecule has 3 rings (SSSR count). The van der Waals surface area contributed by atoms with E-state index in [-0.39, 0.29) is 17.7 Å². The minimum atomic E-state index is -0.150. The molecule has 23 heavy (non-hydrogen) atoms. The van der Waals surface area contributed by atoms with Gasteiger partial charge in [0.05, 0.1) is 15.8 Å².